The number of para-hydroxylation sites is 2. The highest BCUT2D eigenvalue weighted by molar-refractivity contribution is 5.90. The summed E-state index contributed by atoms with van der Waals surface area (Å²) in [6.07, 6.45) is 4.36. The third kappa shape index (κ3) is 3.94. The Hall–Kier alpha value is -3.48. The zero-order chi connectivity index (χ0) is 18.5. The molecule has 1 aromatic carbocycles. The van der Waals surface area contributed by atoms with Crippen LogP contribution in [0.2, 0.25) is 0 Å². The van der Waals surface area contributed by atoms with E-state index in [1.807, 2.05) is 24.3 Å². The first-order chi connectivity index (χ1) is 12.6. The van der Waals surface area contributed by atoms with Gasteiger partial charge in [-0.25, -0.2) is 14.6 Å². The average Bonchev–Trinajstić information content (AvgIpc) is 3.04. The topological polar surface area (TPSA) is 91.5 Å². The standard InChI is InChI=1S/C19H16N2O5/c1-12-15(19(23)24-2)9-14(26-12)11-25-18(22)8-7-13-10-20-16-5-3-4-6-17(16)21-13/h3-10H,11H2,1-2H3. The lowest BCUT2D eigenvalue weighted by Crippen LogP contribution is -2.01. The maximum absolute atomic E-state index is 11.8. The highest BCUT2D eigenvalue weighted by Gasteiger charge is 2.15. The second-order valence-corrected chi connectivity index (χ2v) is 5.40. The van der Waals surface area contributed by atoms with Gasteiger partial charge in [-0.1, -0.05) is 12.1 Å². The molecule has 2 aromatic heterocycles. The van der Waals surface area contributed by atoms with E-state index in [0.29, 0.717) is 22.8 Å². The molecule has 0 aliphatic carbocycles. The minimum Gasteiger partial charge on any atom is -0.465 e. The largest absolute Gasteiger partial charge is 0.465 e. The molecule has 7 heteroatoms. The molecule has 0 N–H and O–H groups in total. The Bertz CT molecular complexity index is 991. The normalized spacial score (nSPS) is 11.0. The first-order valence-corrected chi connectivity index (χ1v) is 7.81. The van der Waals surface area contributed by atoms with Gasteiger partial charge in [-0.3, -0.25) is 4.98 Å². The number of aromatic nitrogens is 2. The Morgan fingerprint density at radius 2 is 2.00 bits per heavy atom. The summed E-state index contributed by atoms with van der Waals surface area (Å²) in [5.74, 6) is -0.299. The molecule has 2 heterocycles. The third-order valence-electron chi connectivity index (χ3n) is 3.59. The summed E-state index contributed by atoms with van der Waals surface area (Å²) in [5, 5.41) is 0. The summed E-state index contributed by atoms with van der Waals surface area (Å²) >= 11 is 0. The Morgan fingerprint density at radius 3 is 2.77 bits per heavy atom. The molecule has 7 nitrogen and oxygen atoms in total. The van der Waals surface area contributed by atoms with E-state index in [2.05, 4.69) is 14.7 Å². The Balaban J connectivity index is 1.61. The number of methoxy groups -OCH3 is 1. The lowest BCUT2D eigenvalue weighted by Gasteiger charge is -1.99. The van der Waals surface area contributed by atoms with E-state index in [1.54, 1.807) is 13.1 Å². The molecule has 26 heavy (non-hydrogen) atoms. The van der Waals surface area contributed by atoms with Crippen LogP contribution in [-0.4, -0.2) is 29.0 Å². The molecule has 3 aromatic rings. The van der Waals surface area contributed by atoms with Gasteiger partial charge in [-0.2, -0.15) is 0 Å². The van der Waals surface area contributed by atoms with Gasteiger partial charge in [0.15, 0.2) is 0 Å². The monoisotopic (exact) mass is 352 g/mol. The summed E-state index contributed by atoms with van der Waals surface area (Å²) in [6.45, 7) is 1.54. The smallest absolute Gasteiger partial charge is 0.341 e. The van der Waals surface area contributed by atoms with Gasteiger partial charge in [-0.05, 0) is 31.2 Å². The Labute approximate surface area is 149 Å². The van der Waals surface area contributed by atoms with Gasteiger partial charge in [0.1, 0.15) is 23.7 Å². The number of rotatable bonds is 5. The molecule has 0 radical (unpaired) electrons. The lowest BCUT2D eigenvalue weighted by molar-refractivity contribution is -0.139. The molecule has 0 bridgehead atoms. The molecule has 0 spiro atoms. The van der Waals surface area contributed by atoms with E-state index in [9.17, 15) is 9.59 Å². The predicted octanol–water partition coefficient (Wildman–Crippen LogP) is 3.07. The number of furan rings is 1. The molecule has 0 saturated carbocycles. The van der Waals surface area contributed by atoms with Crippen LogP contribution >= 0.6 is 0 Å². The first-order valence-electron chi connectivity index (χ1n) is 7.81. The van der Waals surface area contributed by atoms with Crippen molar-refractivity contribution in [2.45, 2.75) is 13.5 Å². The fraction of sp³-hybridized carbons (Fsp3) is 0.158. The van der Waals surface area contributed by atoms with Crippen molar-refractivity contribution in [3.05, 3.63) is 65.4 Å². The van der Waals surface area contributed by atoms with Crippen molar-refractivity contribution in [1.82, 2.24) is 9.97 Å². The number of ether oxygens (including phenoxy) is 2. The van der Waals surface area contributed by atoms with Crippen molar-refractivity contribution in [3.63, 3.8) is 0 Å². The van der Waals surface area contributed by atoms with E-state index in [0.717, 1.165) is 11.0 Å². The van der Waals surface area contributed by atoms with E-state index >= 15 is 0 Å². The maximum Gasteiger partial charge on any atom is 0.341 e. The predicted molar refractivity (Wildman–Crippen MR) is 93.2 cm³/mol. The van der Waals surface area contributed by atoms with E-state index < -0.39 is 11.9 Å². The Morgan fingerprint density at radius 1 is 1.23 bits per heavy atom. The number of fused-ring (bicyclic) bond motifs is 1. The summed E-state index contributed by atoms with van der Waals surface area (Å²) < 4.78 is 15.1. The Kier molecular flexibility index (Phi) is 5.07. The van der Waals surface area contributed by atoms with Crippen LogP contribution in [0.15, 0.2) is 47.0 Å². The van der Waals surface area contributed by atoms with Crippen molar-refractivity contribution < 1.29 is 23.5 Å². The lowest BCUT2D eigenvalue weighted by atomic mass is 10.2. The van der Waals surface area contributed by atoms with Crippen LogP contribution in [0.4, 0.5) is 0 Å². The number of nitrogens with zero attached hydrogens (tertiary/aromatic N) is 2. The minimum atomic E-state index is -0.561. The van der Waals surface area contributed by atoms with Gasteiger partial charge in [0.2, 0.25) is 0 Å². The van der Waals surface area contributed by atoms with Gasteiger partial charge in [0.25, 0.3) is 0 Å². The molecule has 0 aliphatic rings. The number of carbonyl (C=O) groups excluding carboxylic acids is 2. The SMILES string of the molecule is COC(=O)c1cc(COC(=O)C=Cc2cnc3ccccc3n2)oc1C. The molecule has 0 fully saturated rings. The second kappa shape index (κ2) is 7.60. The van der Waals surface area contributed by atoms with Crippen LogP contribution in [0.3, 0.4) is 0 Å². The summed E-state index contributed by atoms with van der Waals surface area (Å²) in [4.78, 5) is 32.0. The molecular weight excluding hydrogens is 336 g/mol. The molecule has 0 saturated heterocycles. The van der Waals surface area contributed by atoms with Gasteiger partial charge < -0.3 is 13.9 Å². The van der Waals surface area contributed by atoms with Crippen LogP contribution in [0.25, 0.3) is 17.1 Å². The van der Waals surface area contributed by atoms with Crippen LogP contribution in [0.5, 0.6) is 0 Å². The van der Waals surface area contributed by atoms with Crippen LogP contribution in [-0.2, 0) is 20.9 Å². The molecular formula is C19H16N2O5. The van der Waals surface area contributed by atoms with Crippen LogP contribution < -0.4 is 0 Å². The van der Waals surface area contributed by atoms with Crippen molar-refractivity contribution in [3.8, 4) is 0 Å². The highest BCUT2D eigenvalue weighted by atomic mass is 16.5. The van der Waals surface area contributed by atoms with Gasteiger partial charge >= 0.3 is 11.9 Å². The molecule has 0 amide bonds. The zero-order valence-corrected chi connectivity index (χ0v) is 14.3. The van der Waals surface area contributed by atoms with Crippen LogP contribution in [0, 0.1) is 6.92 Å². The summed E-state index contributed by atoms with van der Waals surface area (Å²) in [5.41, 5.74) is 2.37. The number of aryl methyl sites for hydroxylation is 1. The minimum absolute atomic E-state index is 0.0929. The fourth-order valence-corrected chi connectivity index (χ4v) is 2.32. The number of carbonyl (C=O) groups is 2. The number of esters is 2. The third-order valence-corrected chi connectivity index (χ3v) is 3.59. The molecule has 132 valence electrons. The van der Waals surface area contributed by atoms with Crippen molar-refractivity contribution >= 4 is 29.0 Å². The van der Waals surface area contributed by atoms with E-state index in [4.69, 9.17) is 9.15 Å². The second-order valence-electron chi connectivity index (χ2n) is 5.40. The number of benzene rings is 1. The number of hydrogen-bond acceptors (Lipinski definition) is 7. The van der Waals surface area contributed by atoms with E-state index in [1.165, 1.54) is 25.3 Å². The zero-order valence-electron chi connectivity index (χ0n) is 14.3. The molecule has 0 aliphatic heterocycles. The average molecular weight is 352 g/mol. The maximum atomic E-state index is 11.8. The number of hydrogen-bond donors (Lipinski definition) is 0. The van der Waals surface area contributed by atoms with Gasteiger partial charge in [0, 0.05) is 6.08 Å². The summed E-state index contributed by atoms with van der Waals surface area (Å²) in [6, 6.07) is 8.94. The summed E-state index contributed by atoms with van der Waals surface area (Å²) in [7, 11) is 1.29. The van der Waals surface area contributed by atoms with E-state index in [-0.39, 0.29) is 6.61 Å². The van der Waals surface area contributed by atoms with Gasteiger partial charge in [0.05, 0.1) is 30.0 Å². The highest BCUT2D eigenvalue weighted by Crippen LogP contribution is 2.16. The van der Waals surface area contributed by atoms with Gasteiger partial charge in [-0.15, -0.1) is 0 Å². The van der Waals surface area contributed by atoms with Crippen molar-refractivity contribution in [1.29, 1.82) is 0 Å². The molecule has 0 atom stereocenters. The first kappa shape index (κ1) is 17.3. The van der Waals surface area contributed by atoms with Crippen molar-refractivity contribution in [2.24, 2.45) is 0 Å². The molecule has 3 rings (SSSR count). The van der Waals surface area contributed by atoms with Crippen LogP contribution in [0.1, 0.15) is 27.6 Å². The van der Waals surface area contributed by atoms with Crippen molar-refractivity contribution in [2.75, 3.05) is 7.11 Å². The quantitative estimate of drug-likeness (QED) is 0.515. The molecule has 0 unspecified atom stereocenters. The fourth-order valence-electron chi connectivity index (χ4n) is 2.32.